The zero-order chi connectivity index (χ0) is 11.1. The molecule has 80 valence electrons. The first kappa shape index (κ1) is 10.3. The Bertz CT molecular complexity index is 412. The maximum Gasteiger partial charge on any atom is 0.509 e. The Morgan fingerprint density at radius 1 is 1.13 bits per heavy atom. The summed E-state index contributed by atoms with van der Waals surface area (Å²) in [6.07, 6.45) is 1.80. The first-order valence-electron chi connectivity index (χ1n) is 4.84. The number of hydrogen-bond acceptors (Lipinski definition) is 1. The first-order valence-corrected chi connectivity index (χ1v) is 4.84. The number of fused-ring (bicyclic) bond motifs is 1. The van der Waals surface area contributed by atoms with E-state index in [-0.39, 0.29) is 11.3 Å². The molecular weight excluding hydrogens is 204 g/mol. The highest BCUT2D eigenvalue weighted by molar-refractivity contribution is 6.73. The van der Waals surface area contributed by atoms with E-state index < -0.39 is 12.4 Å². The van der Waals surface area contributed by atoms with Crippen molar-refractivity contribution in [2.45, 2.75) is 19.3 Å². The summed E-state index contributed by atoms with van der Waals surface area (Å²) in [6.45, 7) is -5.00. The van der Waals surface area contributed by atoms with E-state index >= 15 is 0 Å². The van der Waals surface area contributed by atoms with Crippen LogP contribution in [0.15, 0.2) is 18.2 Å². The molecule has 1 aromatic carbocycles. The molecule has 0 spiro atoms. The molecule has 0 heterocycles. The number of hydrogen-bond donors (Lipinski definition) is 0. The normalized spacial score (nSPS) is 16.3. The molecule has 1 aromatic rings. The van der Waals surface area contributed by atoms with Crippen molar-refractivity contribution in [1.82, 2.24) is 0 Å². The zero-order valence-corrected chi connectivity index (χ0v) is 7.97. The molecule has 0 radical (unpaired) electrons. The summed E-state index contributed by atoms with van der Waals surface area (Å²) in [5, 5.41) is 0. The molecule has 15 heavy (non-hydrogen) atoms. The molecule has 2 rings (SSSR count). The third-order valence-corrected chi connectivity index (χ3v) is 2.66. The van der Waals surface area contributed by atoms with Crippen LogP contribution in [0, 0.1) is 0 Å². The molecule has 0 fully saturated rings. The molecule has 1 aliphatic carbocycles. The van der Waals surface area contributed by atoms with Gasteiger partial charge in [-0.3, -0.25) is 4.79 Å². The minimum absolute atomic E-state index is 0.168. The smallest absolute Gasteiger partial charge is 0.445 e. The van der Waals surface area contributed by atoms with Crippen LogP contribution in [0.5, 0.6) is 0 Å². The van der Waals surface area contributed by atoms with Crippen molar-refractivity contribution in [2.24, 2.45) is 0 Å². The summed E-state index contributed by atoms with van der Waals surface area (Å²) in [4.78, 5) is 11.4. The highest BCUT2D eigenvalue weighted by Crippen LogP contribution is 2.21. The van der Waals surface area contributed by atoms with Gasteiger partial charge in [-0.05, 0) is 18.4 Å². The van der Waals surface area contributed by atoms with Gasteiger partial charge in [-0.25, -0.2) is 0 Å². The second kappa shape index (κ2) is 3.40. The second-order valence-electron chi connectivity index (χ2n) is 3.77. The van der Waals surface area contributed by atoms with Gasteiger partial charge in [-0.15, -0.1) is 5.46 Å². The van der Waals surface area contributed by atoms with Gasteiger partial charge in [0.15, 0.2) is 5.78 Å². The van der Waals surface area contributed by atoms with Crippen LogP contribution in [0.2, 0.25) is 0 Å². The van der Waals surface area contributed by atoms with E-state index in [1.807, 2.05) is 0 Å². The number of rotatable bonds is 1. The minimum atomic E-state index is -5.00. The third-order valence-electron chi connectivity index (χ3n) is 2.66. The van der Waals surface area contributed by atoms with E-state index in [9.17, 15) is 17.7 Å². The number of carbonyl (C=O) groups excluding carboxylic acids is 1. The summed E-state index contributed by atoms with van der Waals surface area (Å²) < 4.78 is 37.3. The van der Waals surface area contributed by atoms with Gasteiger partial charge in [-0.1, -0.05) is 18.2 Å². The molecular formula is C10H9BF3O-. The molecule has 0 unspecified atom stereocenters. The summed E-state index contributed by atoms with van der Waals surface area (Å²) in [5.41, 5.74) is 0.331. The lowest BCUT2D eigenvalue weighted by Crippen LogP contribution is -2.35. The Balaban J connectivity index is 2.49. The van der Waals surface area contributed by atoms with E-state index in [0.29, 0.717) is 12.8 Å². The lowest BCUT2D eigenvalue weighted by atomic mass is 9.76. The number of aryl methyl sites for hydroxylation is 1. The van der Waals surface area contributed by atoms with Crippen molar-refractivity contribution >= 4 is 18.2 Å². The molecule has 0 atom stereocenters. The van der Waals surface area contributed by atoms with E-state index in [4.69, 9.17) is 0 Å². The van der Waals surface area contributed by atoms with Crippen LogP contribution in [0.25, 0.3) is 0 Å². The van der Waals surface area contributed by atoms with Crippen LogP contribution >= 0.6 is 0 Å². The fourth-order valence-electron chi connectivity index (χ4n) is 1.85. The topological polar surface area (TPSA) is 17.1 Å². The van der Waals surface area contributed by atoms with Crippen LogP contribution in [-0.4, -0.2) is 12.8 Å². The van der Waals surface area contributed by atoms with Gasteiger partial charge in [0.05, 0.1) is 0 Å². The second-order valence-corrected chi connectivity index (χ2v) is 3.77. The lowest BCUT2D eigenvalue weighted by Gasteiger charge is -2.20. The van der Waals surface area contributed by atoms with Crippen molar-refractivity contribution in [3.8, 4) is 0 Å². The molecule has 0 saturated heterocycles. The van der Waals surface area contributed by atoms with Crippen molar-refractivity contribution < 1.29 is 17.7 Å². The van der Waals surface area contributed by atoms with E-state index in [1.54, 1.807) is 0 Å². The zero-order valence-electron chi connectivity index (χ0n) is 7.97. The predicted octanol–water partition coefficient (Wildman–Crippen LogP) is 2.26. The van der Waals surface area contributed by atoms with Crippen LogP contribution in [0.1, 0.15) is 28.8 Å². The van der Waals surface area contributed by atoms with Gasteiger partial charge in [-0.2, -0.15) is 0 Å². The molecule has 0 aliphatic heterocycles. The number of Topliss-reactive ketones (excluding diaryl/α,β-unsaturated/α-hetero) is 1. The standard InChI is InChI=1S/C10H9BF3O/c12-11(13,14)8-5-4-7-2-1-3-10(15)9(7)6-8/h4-6H,1-3H2/q-1. The number of halogens is 3. The quantitative estimate of drug-likeness (QED) is 0.654. The minimum Gasteiger partial charge on any atom is -0.445 e. The fraction of sp³-hybridized carbons (Fsp3) is 0.300. The largest absolute Gasteiger partial charge is 0.509 e. The van der Waals surface area contributed by atoms with Crippen molar-refractivity contribution in [1.29, 1.82) is 0 Å². The molecule has 0 amide bonds. The number of benzene rings is 1. The van der Waals surface area contributed by atoms with Gasteiger partial charge in [0, 0.05) is 12.0 Å². The van der Waals surface area contributed by atoms with Crippen LogP contribution in [0.3, 0.4) is 0 Å². The summed E-state index contributed by atoms with van der Waals surface area (Å²) in [6, 6.07) is 3.49. The average Bonchev–Trinajstić information content (AvgIpc) is 2.16. The summed E-state index contributed by atoms with van der Waals surface area (Å²) in [7, 11) is 0. The number of ketones is 1. The van der Waals surface area contributed by atoms with E-state index in [2.05, 4.69) is 0 Å². The molecule has 1 nitrogen and oxygen atoms in total. The van der Waals surface area contributed by atoms with Gasteiger partial charge in [0.2, 0.25) is 0 Å². The van der Waals surface area contributed by atoms with E-state index in [1.165, 1.54) is 6.07 Å². The average molecular weight is 213 g/mol. The molecule has 0 N–H and O–H groups in total. The van der Waals surface area contributed by atoms with Gasteiger partial charge in [0.25, 0.3) is 0 Å². The monoisotopic (exact) mass is 213 g/mol. The Kier molecular flexibility index (Phi) is 2.33. The van der Waals surface area contributed by atoms with Crippen LogP contribution in [0.4, 0.5) is 12.9 Å². The summed E-state index contributed by atoms with van der Waals surface area (Å²) in [5.74, 6) is -0.168. The fourth-order valence-corrected chi connectivity index (χ4v) is 1.85. The van der Waals surface area contributed by atoms with Crippen LogP contribution < -0.4 is 5.46 Å². The number of carbonyl (C=O) groups is 1. The highest BCUT2D eigenvalue weighted by atomic mass is 19.4. The van der Waals surface area contributed by atoms with Crippen molar-refractivity contribution in [2.75, 3.05) is 0 Å². The van der Waals surface area contributed by atoms with E-state index in [0.717, 1.165) is 24.1 Å². The Morgan fingerprint density at radius 3 is 2.53 bits per heavy atom. The molecule has 1 aliphatic rings. The molecule has 0 bridgehead atoms. The maximum atomic E-state index is 12.4. The van der Waals surface area contributed by atoms with Crippen LogP contribution in [-0.2, 0) is 6.42 Å². The van der Waals surface area contributed by atoms with Crippen molar-refractivity contribution in [3.63, 3.8) is 0 Å². The SMILES string of the molecule is O=C1CCCc2ccc([B-](F)(F)F)cc21. The molecule has 5 heteroatoms. The lowest BCUT2D eigenvalue weighted by molar-refractivity contribution is 0.0972. The third kappa shape index (κ3) is 1.91. The Hall–Kier alpha value is -1.26. The van der Waals surface area contributed by atoms with Gasteiger partial charge < -0.3 is 12.9 Å². The molecule has 0 saturated carbocycles. The first-order chi connectivity index (χ1) is 6.98. The maximum absolute atomic E-state index is 12.4. The Labute approximate surface area is 85.3 Å². The molecule has 0 aromatic heterocycles. The van der Waals surface area contributed by atoms with Gasteiger partial charge in [0.1, 0.15) is 0 Å². The Morgan fingerprint density at radius 2 is 1.87 bits per heavy atom. The van der Waals surface area contributed by atoms with Crippen molar-refractivity contribution in [3.05, 3.63) is 29.3 Å². The summed E-state index contributed by atoms with van der Waals surface area (Å²) >= 11 is 0. The predicted molar refractivity (Wildman–Crippen MR) is 52.4 cm³/mol. The highest BCUT2D eigenvalue weighted by Gasteiger charge is 2.27. The van der Waals surface area contributed by atoms with Gasteiger partial charge >= 0.3 is 6.98 Å².